The van der Waals surface area contributed by atoms with Crippen LogP contribution >= 0.6 is 0 Å². The van der Waals surface area contributed by atoms with E-state index >= 15 is 0 Å². The van der Waals surface area contributed by atoms with Crippen molar-refractivity contribution >= 4 is 12.3 Å². The van der Waals surface area contributed by atoms with Gasteiger partial charge in [-0.3, -0.25) is 4.79 Å². The van der Waals surface area contributed by atoms with E-state index in [0.29, 0.717) is 0 Å². The third-order valence-electron chi connectivity index (χ3n) is 3.02. The maximum absolute atomic E-state index is 10.5. The number of aliphatic carboxylic acids is 1. The van der Waals surface area contributed by atoms with E-state index in [-0.39, 0.29) is 17.3 Å². The van der Waals surface area contributed by atoms with Crippen LogP contribution in [0, 0.1) is 17.3 Å². The van der Waals surface area contributed by atoms with E-state index in [2.05, 4.69) is 0 Å². The van der Waals surface area contributed by atoms with Gasteiger partial charge >= 0.3 is 5.97 Å². The Kier molecular flexibility index (Phi) is 1.14. The number of carbonyl (C=O) groups excluding carboxylic acids is 1. The van der Waals surface area contributed by atoms with Gasteiger partial charge in [0.25, 0.3) is 0 Å². The highest BCUT2D eigenvalue weighted by atomic mass is 16.4. The molecule has 0 bridgehead atoms. The third-order valence-corrected chi connectivity index (χ3v) is 3.02. The second-order valence-corrected chi connectivity index (χ2v) is 3.76. The molecule has 0 aromatic heterocycles. The smallest absolute Gasteiger partial charge is 0.307 e. The summed E-state index contributed by atoms with van der Waals surface area (Å²) in [4.78, 5) is 20.7. The van der Waals surface area contributed by atoms with Crippen LogP contribution in [0.5, 0.6) is 0 Å². The van der Waals surface area contributed by atoms with Crippen LogP contribution in [0.1, 0.15) is 19.3 Å². The Morgan fingerprint density at radius 2 is 2.09 bits per heavy atom. The SMILES string of the molecule is O=CC1CC2(C1)CC2C(=O)O. The molecule has 0 saturated heterocycles. The van der Waals surface area contributed by atoms with Gasteiger partial charge in [-0.1, -0.05) is 0 Å². The number of carboxylic acids is 1. The molecule has 0 aromatic carbocycles. The van der Waals surface area contributed by atoms with Crippen LogP contribution in [0.25, 0.3) is 0 Å². The summed E-state index contributed by atoms with van der Waals surface area (Å²) in [5.74, 6) is -0.674. The summed E-state index contributed by atoms with van der Waals surface area (Å²) < 4.78 is 0. The quantitative estimate of drug-likeness (QED) is 0.595. The molecule has 2 aliphatic carbocycles. The lowest BCUT2D eigenvalue weighted by Gasteiger charge is -2.32. The molecular formula is C8H10O3. The van der Waals surface area contributed by atoms with Gasteiger partial charge in [-0.05, 0) is 24.7 Å². The van der Waals surface area contributed by atoms with Crippen LogP contribution in [-0.4, -0.2) is 17.4 Å². The van der Waals surface area contributed by atoms with E-state index < -0.39 is 5.97 Å². The summed E-state index contributed by atoms with van der Waals surface area (Å²) in [5, 5.41) is 8.62. The Balaban J connectivity index is 1.92. The van der Waals surface area contributed by atoms with Crippen molar-refractivity contribution in [1.82, 2.24) is 0 Å². The molecule has 0 amide bonds. The summed E-state index contributed by atoms with van der Waals surface area (Å²) in [6, 6.07) is 0. The van der Waals surface area contributed by atoms with Gasteiger partial charge in [0.15, 0.2) is 0 Å². The van der Waals surface area contributed by atoms with Crippen LogP contribution in [0.3, 0.4) is 0 Å². The van der Waals surface area contributed by atoms with Crippen LogP contribution in [0.2, 0.25) is 0 Å². The summed E-state index contributed by atoms with van der Waals surface area (Å²) in [7, 11) is 0. The number of hydrogen-bond acceptors (Lipinski definition) is 2. The third kappa shape index (κ3) is 0.800. The largest absolute Gasteiger partial charge is 0.481 e. The summed E-state index contributed by atoms with van der Waals surface area (Å²) in [6.45, 7) is 0. The molecule has 2 rings (SSSR count). The lowest BCUT2D eigenvalue weighted by Crippen LogP contribution is -2.29. The molecule has 3 nitrogen and oxygen atoms in total. The van der Waals surface area contributed by atoms with Crippen molar-refractivity contribution in [3.63, 3.8) is 0 Å². The van der Waals surface area contributed by atoms with Gasteiger partial charge in [-0.25, -0.2) is 0 Å². The first-order valence-corrected chi connectivity index (χ1v) is 3.86. The molecule has 1 unspecified atom stereocenters. The van der Waals surface area contributed by atoms with E-state index in [4.69, 9.17) is 5.11 Å². The Hall–Kier alpha value is -0.860. The van der Waals surface area contributed by atoms with Crippen molar-refractivity contribution < 1.29 is 14.7 Å². The lowest BCUT2D eigenvalue weighted by atomic mass is 9.71. The zero-order valence-electron chi connectivity index (χ0n) is 6.12. The highest BCUT2D eigenvalue weighted by molar-refractivity contribution is 5.76. The second-order valence-electron chi connectivity index (χ2n) is 3.76. The Morgan fingerprint density at radius 3 is 2.45 bits per heavy atom. The van der Waals surface area contributed by atoms with Gasteiger partial charge in [-0.15, -0.1) is 0 Å². The van der Waals surface area contributed by atoms with Crippen LogP contribution in [0.4, 0.5) is 0 Å². The van der Waals surface area contributed by atoms with Crippen LogP contribution in [0.15, 0.2) is 0 Å². The fraction of sp³-hybridized carbons (Fsp3) is 0.750. The molecule has 2 saturated carbocycles. The number of carbonyl (C=O) groups is 2. The zero-order valence-corrected chi connectivity index (χ0v) is 6.12. The second kappa shape index (κ2) is 1.84. The first-order chi connectivity index (χ1) is 5.18. The monoisotopic (exact) mass is 154 g/mol. The maximum atomic E-state index is 10.5. The number of hydrogen-bond donors (Lipinski definition) is 1. The van der Waals surface area contributed by atoms with Crippen molar-refractivity contribution in [2.45, 2.75) is 19.3 Å². The fourth-order valence-corrected chi connectivity index (χ4v) is 2.23. The van der Waals surface area contributed by atoms with Crippen molar-refractivity contribution in [1.29, 1.82) is 0 Å². The summed E-state index contributed by atoms with van der Waals surface area (Å²) >= 11 is 0. The molecule has 1 atom stereocenters. The zero-order chi connectivity index (χ0) is 8.06. The van der Waals surface area contributed by atoms with Gasteiger partial charge in [0.1, 0.15) is 6.29 Å². The van der Waals surface area contributed by atoms with Crippen molar-refractivity contribution in [3.8, 4) is 0 Å². The van der Waals surface area contributed by atoms with E-state index in [1.165, 1.54) is 0 Å². The minimum absolute atomic E-state index is 0.0530. The van der Waals surface area contributed by atoms with E-state index in [0.717, 1.165) is 25.5 Å². The highest BCUT2D eigenvalue weighted by Crippen LogP contribution is 2.67. The van der Waals surface area contributed by atoms with Crippen LogP contribution < -0.4 is 0 Å². The maximum Gasteiger partial charge on any atom is 0.307 e. The van der Waals surface area contributed by atoms with Crippen molar-refractivity contribution in [2.75, 3.05) is 0 Å². The normalized spacial score (nSPS) is 46.5. The van der Waals surface area contributed by atoms with Crippen LogP contribution in [-0.2, 0) is 9.59 Å². The molecular weight excluding hydrogens is 144 g/mol. The van der Waals surface area contributed by atoms with E-state index in [1.807, 2.05) is 0 Å². The average Bonchev–Trinajstić information content (AvgIpc) is 2.57. The van der Waals surface area contributed by atoms with E-state index in [9.17, 15) is 9.59 Å². The molecule has 2 aliphatic rings. The predicted octanol–water partition coefficient (Wildman–Crippen LogP) is 0.686. The van der Waals surface area contributed by atoms with Crippen molar-refractivity contribution in [2.24, 2.45) is 17.3 Å². The molecule has 1 N–H and O–H groups in total. The minimum Gasteiger partial charge on any atom is -0.481 e. The molecule has 0 aromatic rings. The molecule has 11 heavy (non-hydrogen) atoms. The molecule has 0 radical (unpaired) electrons. The van der Waals surface area contributed by atoms with Crippen molar-refractivity contribution in [3.05, 3.63) is 0 Å². The number of aldehydes is 1. The topological polar surface area (TPSA) is 54.4 Å². The van der Waals surface area contributed by atoms with Gasteiger partial charge in [0, 0.05) is 5.92 Å². The standard InChI is InChI=1S/C8H10O3/c9-4-5-1-8(2-5)3-6(8)7(10)11/h4-6H,1-3H2,(H,10,11). The molecule has 1 spiro atoms. The van der Waals surface area contributed by atoms with E-state index in [1.54, 1.807) is 0 Å². The first kappa shape index (κ1) is 6.83. The van der Waals surface area contributed by atoms with Gasteiger partial charge in [0.05, 0.1) is 5.92 Å². The van der Waals surface area contributed by atoms with Gasteiger partial charge in [0.2, 0.25) is 0 Å². The number of rotatable bonds is 2. The Bertz CT molecular complexity index is 215. The predicted molar refractivity (Wildman–Crippen MR) is 37.0 cm³/mol. The molecule has 0 heterocycles. The highest BCUT2D eigenvalue weighted by Gasteiger charge is 2.64. The van der Waals surface area contributed by atoms with Gasteiger partial charge < -0.3 is 9.90 Å². The molecule has 2 fully saturated rings. The van der Waals surface area contributed by atoms with Gasteiger partial charge in [-0.2, -0.15) is 0 Å². The minimum atomic E-state index is -0.686. The molecule has 60 valence electrons. The lowest BCUT2D eigenvalue weighted by molar-refractivity contribution is -0.140. The molecule has 3 heteroatoms. The number of carboxylic acid groups (broad SMARTS) is 1. The first-order valence-electron chi connectivity index (χ1n) is 3.86. The molecule has 0 aliphatic heterocycles. The Morgan fingerprint density at radius 1 is 1.45 bits per heavy atom. The summed E-state index contributed by atoms with van der Waals surface area (Å²) in [6.07, 6.45) is 3.37. The Labute approximate surface area is 64.4 Å². The fourth-order valence-electron chi connectivity index (χ4n) is 2.23. The summed E-state index contributed by atoms with van der Waals surface area (Å²) in [5.41, 5.74) is 0.0530. The average molecular weight is 154 g/mol.